The number of carbonyl (C=O) groups excluding carboxylic acids is 1. The third kappa shape index (κ3) is 1.18. The molecular formula is C5H7NO. The van der Waals surface area contributed by atoms with Gasteiger partial charge in [0.1, 0.15) is 0 Å². The highest BCUT2D eigenvalue weighted by Crippen LogP contribution is 1.98. The standard InChI is InChI=1S/C5H7NO/c7-5-3-1-2-4-6-5/h3H,1-2,4H2. The van der Waals surface area contributed by atoms with Crippen LogP contribution >= 0.6 is 0 Å². The van der Waals surface area contributed by atoms with Crippen molar-refractivity contribution in [1.82, 2.24) is 5.32 Å². The highest BCUT2D eigenvalue weighted by Gasteiger charge is 2.07. The van der Waals surface area contributed by atoms with Crippen molar-refractivity contribution in [2.75, 3.05) is 6.54 Å². The minimum atomic E-state index is -0.0359. The highest BCUT2D eigenvalue weighted by atomic mass is 16.1. The Kier molecular flexibility index (Phi) is 1.29. The number of nitrogens with zero attached hydrogens (tertiary/aromatic N) is 1. The zero-order chi connectivity index (χ0) is 5.11. The molecule has 1 aliphatic heterocycles. The number of hydrogen-bond acceptors (Lipinski definition) is 1. The Bertz CT molecular complexity index is 72.1. The number of piperidine rings is 1. The van der Waals surface area contributed by atoms with Gasteiger partial charge in [-0.1, -0.05) is 0 Å². The Balaban J connectivity index is 2.25. The first-order valence-electron chi connectivity index (χ1n) is 2.44. The molecular weight excluding hydrogens is 90.1 g/mol. The van der Waals surface area contributed by atoms with Crippen LogP contribution in [-0.4, -0.2) is 12.5 Å². The molecule has 0 aromatic rings. The smallest absolute Gasteiger partial charge is 0.245 e. The zero-order valence-corrected chi connectivity index (χ0v) is 4.05. The molecule has 7 heavy (non-hydrogen) atoms. The molecule has 1 aliphatic rings. The summed E-state index contributed by atoms with van der Waals surface area (Å²) >= 11 is 0. The van der Waals surface area contributed by atoms with Crippen LogP contribution in [0.1, 0.15) is 12.8 Å². The van der Waals surface area contributed by atoms with E-state index in [4.69, 9.17) is 0 Å². The molecule has 0 aliphatic carbocycles. The van der Waals surface area contributed by atoms with Crippen molar-refractivity contribution in [1.29, 1.82) is 0 Å². The molecule has 38 valence electrons. The van der Waals surface area contributed by atoms with Crippen molar-refractivity contribution < 1.29 is 4.79 Å². The number of rotatable bonds is 0. The Morgan fingerprint density at radius 2 is 2.57 bits per heavy atom. The molecule has 1 rings (SSSR count). The minimum absolute atomic E-state index is 0.0359. The van der Waals surface area contributed by atoms with E-state index in [9.17, 15) is 4.79 Å². The average Bonchev–Trinajstić information content (AvgIpc) is 1.69. The molecule has 1 amide bonds. The second kappa shape index (κ2) is 1.96. The topological polar surface area (TPSA) is 31.2 Å². The molecule has 0 aromatic heterocycles. The van der Waals surface area contributed by atoms with Crippen LogP contribution in [0.15, 0.2) is 0 Å². The fourth-order valence-corrected chi connectivity index (χ4v) is 0.571. The van der Waals surface area contributed by atoms with Crippen LogP contribution in [0.4, 0.5) is 0 Å². The number of hydrogen-bond donors (Lipinski definition) is 0. The summed E-state index contributed by atoms with van der Waals surface area (Å²) in [7, 11) is 0. The van der Waals surface area contributed by atoms with E-state index in [1.165, 1.54) is 0 Å². The lowest BCUT2D eigenvalue weighted by molar-refractivity contribution is -0.119. The molecule has 1 heterocycles. The summed E-state index contributed by atoms with van der Waals surface area (Å²) in [5, 5.41) is 3.64. The molecule has 0 atom stereocenters. The van der Waals surface area contributed by atoms with Gasteiger partial charge in [-0.15, -0.1) is 0 Å². The first kappa shape index (κ1) is 4.62. The van der Waals surface area contributed by atoms with Gasteiger partial charge in [-0.25, -0.2) is 0 Å². The summed E-state index contributed by atoms with van der Waals surface area (Å²) in [6.07, 6.45) is 3.59. The zero-order valence-electron chi connectivity index (χ0n) is 4.05. The number of amides is 1. The van der Waals surface area contributed by atoms with Gasteiger partial charge in [0, 0.05) is 6.54 Å². The van der Waals surface area contributed by atoms with E-state index in [0.29, 0.717) is 0 Å². The van der Waals surface area contributed by atoms with Crippen molar-refractivity contribution in [3.63, 3.8) is 0 Å². The molecule has 0 spiro atoms. The van der Waals surface area contributed by atoms with Crippen LogP contribution in [0.3, 0.4) is 0 Å². The molecule has 2 heteroatoms. The van der Waals surface area contributed by atoms with E-state index in [1.807, 2.05) is 0 Å². The first-order chi connectivity index (χ1) is 3.39. The molecule has 1 fully saturated rings. The van der Waals surface area contributed by atoms with Crippen molar-refractivity contribution in [2.24, 2.45) is 0 Å². The summed E-state index contributed by atoms with van der Waals surface area (Å²) in [5.41, 5.74) is 0. The summed E-state index contributed by atoms with van der Waals surface area (Å²) in [6, 6.07) is 0. The fourth-order valence-electron chi connectivity index (χ4n) is 0.571. The molecule has 0 unspecified atom stereocenters. The van der Waals surface area contributed by atoms with Gasteiger partial charge in [0.05, 0.1) is 6.42 Å². The van der Waals surface area contributed by atoms with E-state index in [1.54, 1.807) is 6.42 Å². The fraction of sp³-hybridized carbons (Fsp3) is 0.600. The van der Waals surface area contributed by atoms with E-state index >= 15 is 0 Å². The van der Waals surface area contributed by atoms with Crippen LogP contribution in [-0.2, 0) is 4.79 Å². The summed E-state index contributed by atoms with van der Waals surface area (Å²) in [6.45, 7) is 0.731. The molecule has 0 N–H and O–H groups in total. The summed E-state index contributed by atoms with van der Waals surface area (Å²) < 4.78 is 0. The molecule has 2 radical (unpaired) electrons. The van der Waals surface area contributed by atoms with E-state index in [2.05, 4.69) is 5.32 Å². The maximum Gasteiger partial charge on any atom is 0.245 e. The van der Waals surface area contributed by atoms with E-state index < -0.39 is 0 Å². The summed E-state index contributed by atoms with van der Waals surface area (Å²) in [5.74, 6) is -0.0359. The third-order valence-electron chi connectivity index (χ3n) is 0.949. The van der Waals surface area contributed by atoms with Crippen molar-refractivity contribution in [3.8, 4) is 0 Å². The largest absolute Gasteiger partial charge is 0.273 e. The average molecular weight is 97.1 g/mol. The maximum atomic E-state index is 10.2. The highest BCUT2D eigenvalue weighted by molar-refractivity contribution is 5.84. The monoisotopic (exact) mass is 97.1 g/mol. The van der Waals surface area contributed by atoms with Gasteiger partial charge in [0.15, 0.2) is 0 Å². The van der Waals surface area contributed by atoms with Crippen LogP contribution in [0.25, 0.3) is 0 Å². The van der Waals surface area contributed by atoms with Crippen molar-refractivity contribution >= 4 is 5.91 Å². The lowest BCUT2D eigenvalue weighted by Crippen LogP contribution is -2.21. The quantitative estimate of drug-likeness (QED) is 0.422. The predicted octanol–water partition coefficient (Wildman–Crippen LogP) is 0.115. The Labute approximate surface area is 42.9 Å². The van der Waals surface area contributed by atoms with Crippen LogP contribution < -0.4 is 5.32 Å². The normalized spacial score (nSPS) is 21.4. The van der Waals surface area contributed by atoms with Crippen LogP contribution in [0.5, 0.6) is 0 Å². The van der Waals surface area contributed by atoms with Gasteiger partial charge in [-0.05, 0) is 12.8 Å². The Morgan fingerprint density at radius 3 is 2.86 bits per heavy atom. The molecule has 1 saturated heterocycles. The van der Waals surface area contributed by atoms with Crippen LogP contribution in [0, 0.1) is 6.42 Å². The van der Waals surface area contributed by atoms with Gasteiger partial charge < -0.3 is 0 Å². The van der Waals surface area contributed by atoms with Gasteiger partial charge in [-0.3, -0.25) is 10.1 Å². The second-order valence-corrected chi connectivity index (χ2v) is 1.57. The minimum Gasteiger partial charge on any atom is -0.273 e. The Morgan fingerprint density at radius 1 is 1.71 bits per heavy atom. The molecule has 0 saturated carbocycles. The molecule has 0 aromatic carbocycles. The van der Waals surface area contributed by atoms with Crippen molar-refractivity contribution in [3.05, 3.63) is 6.42 Å². The predicted molar refractivity (Wildman–Crippen MR) is 25.5 cm³/mol. The molecule has 0 bridgehead atoms. The third-order valence-corrected chi connectivity index (χ3v) is 0.949. The van der Waals surface area contributed by atoms with Crippen LogP contribution in [0.2, 0.25) is 0 Å². The SMILES string of the molecule is O=C1[CH]CCC[N]1. The lowest BCUT2D eigenvalue weighted by atomic mass is 10.2. The van der Waals surface area contributed by atoms with Gasteiger partial charge in [0.2, 0.25) is 5.91 Å². The molecule has 2 nitrogen and oxygen atoms in total. The van der Waals surface area contributed by atoms with E-state index in [-0.39, 0.29) is 5.91 Å². The number of carbonyl (C=O) groups is 1. The second-order valence-electron chi connectivity index (χ2n) is 1.57. The van der Waals surface area contributed by atoms with Gasteiger partial charge in [0.25, 0.3) is 0 Å². The maximum absolute atomic E-state index is 10.2. The first-order valence-corrected chi connectivity index (χ1v) is 2.44. The van der Waals surface area contributed by atoms with E-state index in [0.717, 1.165) is 19.4 Å². The van der Waals surface area contributed by atoms with Gasteiger partial charge in [-0.2, -0.15) is 0 Å². The Hall–Kier alpha value is -0.530. The van der Waals surface area contributed by atoms with Crippen molar-refractivity contribution in [2.45, 2.75) is 12.8 Å². The summed E-state index contributed by atoms with van der Waals surface area (Å²) in [4.78, 5) is 10.2. The van der Waals surface area contributed by atoms with Gasteiger partial charge >= 0.3 is 0 Å². The lowest BCUT2D eigenvalue weighted by Gasteiger charge is -2.05.